The molecule has 0 radical (unpaired) electrons. The predicted molar refractivity (Wildman–Crippen MR) is 84.5 cm³/mol. The normalized spacial score (nSPS) is 15.0. The van der Waals surface area contributed by atoms with E-state index in [0.29, 0.717) is 11.5 Å². The lowest BCUT2D eigenvalue weighted by atomic mass is 10.2. The van der Waals surface area contributed by atoms with Crippen molar-refractivity contribution in [1.29, 1.82) is 0 Å². The third kappa shape index (κ3) is 3.83. The molecule has 0 amide bonds. The number of furan rings is 1. The fourth-order valence-corrected chi connectivity index (χ4v) is 2.67. The monoisotopic (exact) mass is 295 g/mol. The van der Waals surface area contributed by atoms with E-state index in [1.807, 2.05) is 12.1 Å². The van der Waals surface area contributed by atoms with E-state index in [0.717, 1.165) is 0 Å². The van der Waals surface area contributed by atoms with E-state index in [4.69, 9.17) is 13.7 Å². The Morgan fingerprint density at radius 2 is 2.10 bits per heavy atom. The first-order valence-electron chi connectivity index (χ1n) is 6.68. The highest BCUT2D eigenvalue weighted by atomic mass is 28.4. The molecular formula is C15H25NO3Si. The summed E-state index contributed by atoms with van der Waals surface area (Å²) in [6, 6.07) is 3.65. The molecule has 0 fully saturated rings. The molecular weight excluding hydrogens is 270 g/mol. The van der Waals surface area contributed by atoms with E-state index in [9.17, 15) is 0 Å². The van der Waals surface area contributed by atoms with Gasteiger partial charge in [-0.1, -0.05) is 32.0 Å². The first kappa shape index (κ1) is 16.7. The molecule has 1 aromatic rings. The van der Waals surface area contributed by atoms with Crippen LogP contribution in [-0.4, -0.2) is 27.2 Å². The molecule has 5 heteroatoms. The van der Waals surface area contributed by atoms with Crippen molar-refractivity contribution in [1.82, 2.24) is 0 Å². The zero-order valence-electron chi connectivity index (χ0n) is 13.3. The smallest absolute Gasteiger partial charge is 0.193 e. The van der Waals surface area contributed by atoms with Crippen molar-refractivity contribution in [2.24, 2.45) is 5.16 Å². The van der Waals surface area contributed by atoms with Gasteiger partial charge in [-0.15, -0.1) is 6.58 Å². The minimum atomic E-state index is -1.94. The van der Waals surface area contributed by atoms with Gasteiger partial charge >= 0.3 is 0 Å². The Kier molecular flexibility index (Phi) is 5.36. The van der Waals surface area contributed by atoms with Gasteiger partial charge in [-0.3, -0.25) is 0 Å². The molecule has 0 aliphatic carbocycles. The zero-order chi connectivity index (χ0) is 15.4. The fourth-order valence-electron chi connectivity index (χ4n) is 1.47. The summed E-state index contributed by atoms with van der Waals surface area (Å²) in [6.07, 6.45) is 3.00. The summed E-state index contributed by atoms with van der Waals surface area (Å²) in [5.74, 6) is 0.635. The van der Waals surface area contributed by atoms with E-state index in [1.165, 1.54) is 7.11 Å². The van der Waals surface area contributed by atoms with E-state index in [-0.39, 0.29) is 11.1 Å². The molecule has 0 saturated heterocycles. The molecule has 0 aliphatic rings. The predicted octanol–water partition coefficient (Wildman–Crippen LogP) is 4.21. The lowest BCUT2D eigenvalue weighted by molar-refractivity contribution is 0.203. The van der Waals surface area contributed by atoms with Gasteiger partial charge in [0.25, 0.3) is 0 Å². The second kappa shape index (κ2) is 6.41. The van der Waals surface area contributed by atoms with Gasteiger partial charge in [0.1, 0.15) is 13.2 Å². The third-order valence-corrected chi connectivity index (χ3v) is 8.13. The molecule has 1 unspecified atom stereocenters. The summed E-state index contributed by atoms with van der Waals surface area (Å²) in [5.41, 5.74) is 0.609. The maximum absolute atomic E-state index is 6.34. The van der Waals surface area contributed by atoms with E-state index < -0.39 is 8.32 Å². The van der Waals surface area contributed by atoms with Crippen LogP contribution in [0.1, 0.15) is 26.5 Å². The molecule has 1 atom stereocenters. The van der Waals surface area contributed by atoms with Crippen molar-refractivity contribution >= 4 is 14.0 Å². The molecule has 0 spiro atoms. The first-order chi connectivity index (χ1) is 9.23. The summed E-state index contributed by atoms with van der Waals surface area (Å²) in [6.45, 7) is 14.8. The van der Waals surface area contributed by atoms with Crippen molar-refractivity contribution in [3.05, 3.63) is 36.8 Å². The van der Waals surface area contributed by atoms with Crippen molar-refractivity contribution < 1.29 is 13.7 Å². The van der Waals surface area contributed by atoms with E-state index >= 15 is 0 Å². The highest BCUT2D eigenvalue weighted by Crippen LogP contribution is 2.37. The fraction of sp³-hybridized carbons (Fsp3) is 0.533. The quantitative estimate of drug-likeness (QED) is 0.342. The summed E-state index contributed by atoms with van der Waals surface area (Å²) in [7, 11) is -0.433. The number of hydrogen-bond acceptors (Lipinski definition) is 4. The Morgan fingerprint density at radius 3 is 2.50 bits per heavy atom. The van der Waals surface area contributed by atoms with Crippen LogP contribution in [0.2, 0.25) is 18.1 Å². The van der Waals surface area contributed by atoms with Crippen LogP contribution in [0.25, 0.3) is 0 Å². The largest absolute Gasteiger partial charge is 0.463 e. The average molecular weight is 295 g/mol. The summed E-state index contributed by atoms with van der Waals surface area (Å²) < 4.78 is 11.7. The van der Waals surface area contributed by atoms with Gasteiger partial charge in [0.05, 0.1) is 6.26 Å². The van der Waals surface area contributed by atoms with Gasteiger partial charge in [-0.2, -0.15) is 0 Å². The van der Waals surface area contributed by atoms with Gasteiger partial charge in [-0.25, -0.2) is 0 Å². The molecule has 4 nitrogen and oxygen atoms in total. The van der Waals surface area contributed by atoms with Crippen molar-refractivity contribution in [2.75, 3.05) is 7.11 Å². The molecule has 1 rings (SSSR count). The SMILES string of the molecule is C=CC(O[Si](C)(C)C(C)(C)C)/C(=N\OC)c1ccco1. The molecule has 0 bridgehead atoms. The summed E-state index contributed by atoms with van der Waals surface area (Å²) in [4.78, 5) is 4.93. The molecule has 0 N–H and O–H groups in total. The Balaban J connectivity index is 3.05. The highest BCUT2D eigenvalue weighted by molar-refractivity contribution is 6.74. The van der Waals surface area contributed by atoms with E-state index in [2.05, 4.69) is 45.6 Å². The number of hydrogen-bond donors (Lipinski definition) is 0. The average Bonchev–Trinajstić information content (AvgIpc) is 2.85. The number of rotatable bonds is 6. The molecule has 112 valence electrons. The van der Waals surface area contributed by atoms with Crippen LogP contribution in [0, 0.1) is 0 Å². The number of nitrogens with zero attached hydrogens (tertiary/aromatic N) is 1. The Hall–Kier alpha value is -1.33. The lowest BCUT2D eigenvalue weighted by Gasteiger charge is -2.38. The standard InChI is InChI=1S/C15H25NO3Si/c1-8-12(19-20(6,7)15(2,3)4)14(16-17-5)13-10-9-11-18-13/h8-12H,1H2,2-7H3/b16-14+. The second-order valence-electron chi connectivity index (χ2n) is 6.17. The van der Waals surface area contributed by atoms with Crippen LogP contribution in [0.3, 0.4) is 0 Å². The molecule has 20 heavy (non-hydrogen) atoms. The van der Waals surface area contributed by atoms with Gasteiger partial charge in [0.2, 0.25) is 0 Å². The van der Waals surface area contributed by atoms with Gasteiger partial charge < -0.3 is 13.7 Å². The Labute approximate surface area is 122 Å². The zero-order valence-corrected chi connectivity index (χ0v) is 14.3. The van der Waals surface area contributed by atoms with Crippen LogP contribution < -0.4 is 0 Å². The van der Waals surface area contributed by atoms with Crippen molar-refractivity contribution in [3.63, 3.8) is 0 Å². The van der Waals surface area contributed by atoms with Gasteiger partial charge in [-0.05, 0) is 30.3 Å². The second-order valence-corrected chi connectivity index (χ2v) is 10.9. The number of oxime groups is 1. The van der Waals surface area contributed by atoms with Crippen LogP contribution in [0.5, 0.6) is 0 Å². The van der Waals surface area contributed by atoms with Crippen LogP contribution in [-0.2, 0) is 9.26 Å². The summed E-state index contributed by atoms with van der Waals surface area (Å²) in [5, 5.41) is 4.16. The molecule has 1 heterocycles. The summed E-state index contributed by atoms with van der Waals surface area (Å²) >= 11 is 0. The Bertz CT molecular complexity index is 458. The molecule has 1 aromatic heterocycles. The molecule has 0 aromatic carbocycles. The molecule has 0 aliphatic heterocycles. The Morgan fingerprint density at radius 1 is 1.45 bits per heavy atom. The topological polar surface area (TPSA) is 44.0 Å². The minimum absolute atomic E-state index is 0.107. The maximum Gasteiger partial charge on any atom is 0.193 e. The maximum atomic E-state index is 6.34. The van der Waals surface area contributed by atoms with Crippen molar-refractivity contribution in [3.8, 4) is 0 Å². The van der Waals surface area contributed by atoms with Crippen molar-refractivity contribution in [2.45, 2.75) is 45.0 Å². The van der Waals surface area contributed by atoms with Gasteiger partial charge in [0, 0.05) is 0 Å². The van der Waals surface area contributed by atoms with E-state index in [1.54, 1.807) is 12.3 Å². The lowest BCUT2D eigenvalue weighted by Crippen LogP contribution is -2.45. The van der Waals surface area contributed by atoms with Crippen LogP contribution in [0.15, 0.2) is 40.6 Å². The van der Waals surface area contributed by atoms with Crippen LogP contribution >= 0.6 is 0 Å². The minimum Gasteiger partial charge on any atom is -0.463 e. The van der Waals surface area contributed by atoms with Crippen LogP contribution in [0.4, 0.5) is 0 Å². The van der Waals surface area contributed by atoms with Gasteiger partial charge in [0.15, 0.2) is 19.8 Å². The third-order valence-electron chi connectivity index (χ3n) is 3.67. The first-order valence-corrected chi connectivity index (χ1v) is 9.59. The highest BCUT2D eigenvalue weighted by Gasteiger charge is 2.40. The molecule has 0 saturated carbocycles.